The lowest BCUT2D eigenvalue weighted by Crippen LogP contribution is -2.23. The molecule has 3 nitrogen and oxygen atoms in total. The van der Waals surface area contributed by atoms with Gasteiger partial charge in [0, 0.05) is 13.6 Å². The number of thiazole rings is 1. The summed E-state index contributed by atoms with van der Waals surface area (Å²) in [6, 6.07) is 0. The van der Waals surface area contributed by atoms with Crippen molar-refractivity contribution >= 4 is 22.8 Å². The van der Waals surface area contributed by atoms with E-state index in [9.17, 15) is 18.0 Å². The maximum atomic E-state index is 11.9. The average Bonchev–Trinajstić information content (AvgIpc) is 2.61. The molecule has 1 heterocycles. The highest BCUT2D eigenvalue weighted by Gasteiger charge is 2.27. The highest BCUT2D eigenvalue weighted by atomic mass is 32.1. The van der Waals surface area contributed by atoms with Crippen LogP contribution in [0.4, 0.5) is 18.3 Å². The summed E-state index contributed by atoms with van der Waals surface area (Å²) in [6.45, 7) is -0.157. The lowest BCUT2D eigenvalue weighted by atomic mass is 10.4. The topological polar surface area (TPSA) is 33.2 Å². The fraction of sp³-hybridized carbons (Fsp3) is 0.500. The quantitative estimate of drug-likeness (QED) is 0.755. The van der Waals surface area contributed by atoms with Gasteiger partial charge in [0.25, 0.3) is 0 Å². The number of alkyl halides is 3. The van der Waals surface area contributed by atoms with E-state index in [1.165, 1.54) is 18.1 Å². The Balaban J connectivity index is 2.53. The summed E-state index contributed by atoms with van der Waals surface area (Å²) in [5, 5.41) is 0.418. The minimum absolute atomic E-state index is 0.157. The fourth-order valence-electron chi connectivity index (χ4n) is 0.898. The van der Waals surface area contributed by atoms with E-state index >= 15 is 0 Å². The molecule has 0 radical (unpaired) electrons. The van der Waals surface area contributed by atoms with E-state index in [1.807, 2.05) is 0 Å². The van der Waals surface area contributed by atoms with E-state index in [0.29, 0.717) is 16.3 Å². The third-order valence-corrected chi connectivity index (χ3v) is 2.72. The molecule has 0 atom stereocenters. The second-order valence-electron chi connectivity index (χ2n) is 2.95. The van der Waals surface area contributed by atoms with Crippen LogP contribution in [0.25, 0.3) is 0 Å². The van der Waals surface area contributed by atoms with Gasteiger partial charge in [-0.15, -0.1) is 0 Å². The zero-order valence-electron chi connectivity index (χ0n) is 7.91. The molecule has 0 N–H and O–H groups in total. The van der Waals surface area contributed by atoms with Crippen LogP contribution in [-0.4, -0.2) is 31.0 Å². The number of carbonyl (C=O) groups is 1. The lowest BCUT2D eigenvalue weighted by Gasteiger charge is -2.16. The molecule has 0 fully saturated rings. The van der Waals surface area contributed by atoms with Crippen LogP contribution >= 0.6 is 11.3 Å². The molecule has 0 aromatic carbocycles. The van der Waals surface area contributed by atoms with Crippen molar-refractivity contribution in [1.29, 1.82) is 0 Å². The van der Waals surface area contributed by atoms with E-state index in [-0.39, 0.29) is 6.54 Å². The molecule has 15 heavy (non-hydrogen) atoms. The average molecular weight is 238 g/mol. The molecule has 0 saturated heterocycles. The molecule has 0 aliphatic heterocycles. The van der Waals surface area contributed by atoms with E-state index in [2.05, 4.69) is 4.98 Å². The van der Waals surface area contributed by atoms with Crippen molar-refractivity contribution in [3.05, 3.63) is 11.1 Å². The molecule has 0 unspecified atom stereocenters. The highest BCUT2D eigenvalue weighted by Crippen LogP contribution is 2.24. The summed E-state index contributed by atoms with van der Waals surface area (Å²) in [5.74, 6) is 0. The zero-order chi connectivity index (χ0) is 11.5. The predicted octanol–water partition coefficient (Wildman–Crippen LogP) is 2.34. The summed E-state index contributed by atoms with van der Waals surface area (Å²) in [7, 11) is 1.51. The van der Waals surface area contributed by atoms with E-state index in [4.69, 9.17) is 0 Å². The second kappa shape index (κ2) is 4.61. The van der Waals surface area contributed by atoms with Gasteiger partial charge in [-0.1, -0.05) is 11.3 Å². The van der Waals surface area contributed by atoms with Crippen LogP contribution < -0.4 is 4.90 Å². The Bertz CT molecular complexity index is 337. The lowest BCUT2D eigenvalue weighted by molar-refractivity contribution is -0.132. The molecule has 84 valence electrons. The molecule has 1 rings (SSSR count). The van der Waals surface area contributed by atoms with Crippen molar-refractivity contribution < 1.29 is 18.0 Å². The zero-order valence-corrected chi connectivity index (χ0v) is 8.73. The Morgan fingerprint density at radius 3 is 2.73 bits per heavy atom. The molecular weight excluding hydrogens is 229 g/mol. The van der Waals surface area contributed by atoms with Gasteiger partial charge in [-0.2, -0.15) is 13.2 Å². The largest absolute Gasteiger partial charge is 0.390 e. The first-order valence-corrected chi connectivity index (χ1v) is 4.93. The molecule has 1 aromatic heterocycles. The molecule has 0 amide bonds. The molecule has 1 aromatic rings. The van der Waals surface area contributed by atoms with Gasteiger partial charge in [-0.3, -0.25) is 4.79 Å². The van der Waals surface area contributed by atoms with Gasteiger partial charge in [0.2, 0.25) is 0 Å². The smallest absolute Gasteiger partial charge is 0.351 e. The van der Waals surface area contributed by atoms with Crippen molar-refractivity contribution in [3.63, 3.8) is 0 Å². The fourth-order valence-corrected chi connectivity index (χ4v) is 1.61. The minimum atomic E-state index is -4.17. The molecule has 0 aliphatic rings. The SMILES string of the molecule is CN(CCC(F)(F)F)c1ncc(C=O)s1. The van der Waals surface area contributed by atoms with Crippen LogP contribution in [0.5, 0.6) is 0 Å². The Morgan fingerprint density at radius 1 is 1.60 bits per heavy atom. The Hall–Kier alpha value is -1.11. The van der Waals surface area contributed by atoms with Crippen LogP contribution in [0.2, 0.25) is 0 Å². The van der Waals surface area contributed by atoms with Gasteiger partial charge in [0.05, 0.1) is 17.5 Å². The number of halogens is 3. The first-order valence-electron chi connectivity index (χ1n) is 4.11. The normalized spacial score (nSPS) is 11.5. The summed E-state index contributed by atoms with van der Waals surface area (Å²) < 4.78 is 35.7. The van der Waals surface area contributed by atoms with E-state index in [1.54, 1.807) is 0 Å². The second-order valence-corrected chi connectivity index (χ2v) is 3.99. The number of hydrogen-bond donors (Lipinski definition) is 0. The summed E-state index contributed by atoms with van der Waals surface area (Å²) in [6.07, 6.45) is -3.09. The summed E-state index contributed by atoms with van der Waals surface area (Å²) >= 11 is 1.07. The minimum Gasteiger partial charge on any atom is -0.351 e. The Morgan fingerprint density at radius 2 is 2.27 bits per heavy atom. The van der Waals surface area contributed by atoms with E-state index < -0.39 is 12.6 Å². The first kappa shape index (κ1) is 12.0. The molecule has 0 spiro atoms. The summed E-state index contributed by atoms with van der Waals surface area (Å²) in [4.78, 5) is 16.0. The van der Waals surface area contributed by atoms with Crippen LogP contribution in [0, 0.1) is 0 Å². The third kappa shape index (κ3) is 3.86. The maximum Gasteiger partial charge on any atom is 0.390 e. The van der Waals surface area contributed by atoms with Gasteiger partial charge >= 0.3 is 6.18 Å². The number of nitrogens with zero attached hydrogens (tertiary/aromatic N) is 2. The molecule has 7 heteroatoms. The predicted molar refractivity (Wildman–Crippen MR) is 51.4 cm³/mol. The molecular formula is C8H9F3N2OS. The molecule has 0 saturated carbocycles. The molecule has 0 bridgehead atoms. The summed E-state index contributed by atoms with van der Waals surface area (Å²) in [5.41, 5.74) is 0. The number of aromatic nitrogens is 1. The number of carbonyl (C=O) groups excluding carboxylic acids is 1. The highest BCUT2D eigenvalue weighted by molar-refractivity contribution is 7.17. The molecule has 0 aliphatic carbocycles. The number of aldehydes is 1. The Labute approximate surface area is 88.5 Å². The van der Waals surface area contributed by atoms with Crippen molar-refractivity contribution in [1.82, 2.24) is 4.98 Å². The van der Waals surface area contributed by atoms with Gasteiger partial charge in [0.15, 0.2) is 11.4 Å². The van der Waals surface area contributed by atoms with Crippen LogP contribution in [0.3, 0.4) is 0 Å². The standard InChI is InChI=1S/C8H9F3N2OS/c1-13(3-2-8(9,10)11)7-12-4-6(5-14)15-7/h4-5H,2-3H2,1H3. The third-order valence-electron chi connectivity index (χ3n) is 1.68. The van der Waals surface area contributed by atoms with E-state index in [0.717, 1.165) is 11.3 Å². The van der Waals surface area contributed by atoms with Gasteiger partial charge in [-0.25, -0.2) is 4.98 Å². The first-order chi connectivity index (χ1) is 6.92. The van der Waals surface area contributed by atoms with Crippen molar-refractivity contribution in [2.24, 2.45) is 0 Å². The van der Waals surface area contributed by atoms with Crippen LogP contribution in [0.15, 0.2) is 6.20 Å². The van der Waals surface area contributed by atoms with Crippen molar-refractivity contribution in [2.75, 3.05) is 18.5 Å². The number of rotatable bonds is 4. The van der Waals surface area contributed by atoms with Crippen LogP contribution in [0.1, 0.15) is 16.1 Å². The Kier molecular flexibility index (Phi) is 3.67. The number of hydrogen-bond acceptors (Lipinski definition) is 4. The van der Waals surface area contributed by atoms with Gasteiger partial charge in [0.1, 0.15) is 0 Å². The van der Waals surface area contributed by atoms with Gasteiger partial charge < -0.3 is 4.90 Å². The monoisotopic (exact) mass is 238 g/mol. The maximum absolute atomic E-state index is 11.9. The number of anilines is 1. The van der Waals surface area contributed by atoms with Crippen molar-refractivity contribution in [3.8, 4) is 0 Å². The van der Waals surface area contributed by atoms with Crippen molar-refractivity contribution in [2.45, 2.75) is 12.6 Å². The van der Waals surface area contributed by atoms with Gasteiger partial charge in [-0.05, 0) is 0 Å². The van der Waals surface area contributed by atoms with Crippen LogP contribution in [-0.2, 0) is 0 Å².